The molecule has 1 amide bonds. The first-order valence-electron chi connectivity index (χ1n) is 8.82. The van der Waals surface area contributed by atoms with E-state index in [0.29, 0.717) is 5.69 Å². The predicted molar refractivity (Wildman–Crippen MR) is 105 cm³/mol. The molecule has 3 aromatic rings. The van der Waals surface area contributed by atoms with Crippen LogP contribution in [0.25, 0.3) is 10.9 Å². The van der Waals surface area contributed by atoms with Gasteiger partial charge in [0.05, 0.1) is 10.5 Å². The molecule has 2 aromatic carbocycles. The number of benzene rings is 2. The van der Waals surface area contributed by atoms with Crippen LogP contribution in [-0.4, -0.2) is 29.0 Å². The SMILES string of the molecule is O=C(Nc1ccc(F)c(Cl)c1)C1CCN(c2ncnc3ccccc23)CC1. The number of carbonyl (C=O) groups excluding carboxylic acids is 1. The van der Waals surface area contributed by atoms with Crippen LogP contribution in [0, 0.1) is 11.7 Å². The molecule has 0 saturated carbocycles. The molecule has 1 aliphatic heterocycles. The van der Waals surface area contributed by atoms with Crippen LogP contribution < -0.4 is 10.2 Å². The fourth-order valence-electron chi connectivity index (χ4n) is 3.41. The lowest BCUT2D eigenvalue weighted by molar-refractivity contribution is -0.120. The Morgan fingerprint density at radius 1 is 1.15 bits per heavy atom. The van der Waals surface area contributed by atoms with Gasteiger partial charge in [0.2, 0.25) is 5.91 Å². The maximum Gasteiger partial charge on any atom is 0.227 e. The third kappa shape index (κ3) is 3.71. The number of rotatable bonds is 3. The summed E-state index contributed by atoms with van der Waals surface area (Å²) in [6.45, 7) is 1.48. The van der Waals surface area contributed by atoms with E-state index in [2.05, 4.69) is 20.2 Å². The van der Waals surface area contributed by atoms with Gasteiger partial charge >= 0.3 is 0 Å². The predicted octanol–water partition coefficient (Wildman–Crippen LogP) is 4.28. The zero-order valence-electron chi connectivity index (χ0n) is 14.5. The fraction of sp³-hybridized carbons (Fsp3) is 0.250. The maximum absolute atomic E-state index is 13.2. The lowest BCUT2D eigenvalue weighted by Gasteiger charge is -2.32. The number of piperidine rings is 1. The minimum atomic E-state index is -0.500. The zero-order chi connectivity index (χ0) is 18.8. The number of anilines is 2. The second kappa shape index (κ2) is 7.48. The Labute approximate surface area is 161 Å². The first-order chi connectivity index (χ1) is 13.1. The van der Waals surface area contributed by atoms with Crippen molar-refractivity contribution in [1.82, 2.24) is 9.97 Å². The van der Waals surface area contributed by atoms with Crippen molar-refractivity contribution in [1.29, 1.82) is 0 Å². The van der Waals surface area contributed by atoms with Gasteiger partial charge < -0.3 is 10.2 Å². The second-order valence-electron chi connectivity index (χ2n) is 6.59. The summed E-state index contributed by atoms with van der Waals surface area (Å²) in [5.74, 6) is 0.243. The topological polar surface area (TPSA) is 58.1 Å². The molecular weight excluding hydrogens is 367 g/mol. The normalized spacial score (nSPS) is 15.1. The van der Waals surface area contributed by atoms with Gasteiger partial charge in [-0.05, 0) is 43.2 Å². The smallest absolute Gasteiger partial charge is 0.227 e. The summed E-state index contributed by atoms with van der Waals surface area (Å²) in [4.78, 5) is 23.5. The summed E-state index contributed by atoms with van der Waals surface area (Å²) in [6.07, 6.45) is 3.02. The summed E-state index contributed by atoms with van der Waals surface area (Å²) in [6, 6.07) is 12.1. The fourth-order valence-corrected chi connectivity index (χ4v) is 3.59. The molecule has 0 atom stereocenters. The van der Waals surface area contributed by atoms with Gasteiger partial charge in [0.1, 0.15) is 18.0 Å². The van der Waals surface area contributed by atoms with Crippen LogP contribution in [0.2, 0.25) is 5.02 Å². The molecule has 0 aliphatic carbocycles. The molecule has 1 saturated heterocycles. The quantitative estimate of drug-likeness (QED) is 0.732. The van der Waals surface area contributed by atoms with Gasteiger partial charge in [-0.1, -0.05) is 23.7 Å². The molecule has 27 heavy (non-hydrogen) atoms. The Bertz CT molecular complexity index is 983. The largest absolute Gasteiger partial charge is 0.356 e. The maximum atomic E-state index is 13.2. The summed E-state index contributed by atoms with van der Waals surface area (Å²) >= 11 is 5.77. The van der Waals surface area contributed by atoms with Gasteiger partial charge in [-0.25, -0.2) is 14.4 Å². The summed E-state index contributed by atoms with van der Waals surface area (Å²) in [7, 11) is 0. The molecule has 1 fully saturated rings. The first kappa shape index (κ1) is 17.7. The highest BCUT2D eigenvalue weighted by atomic mass is 35.5. The molecule has 0 radical (unpaired) electrons. The second-order valence-corrected chi connectivity index (χ2v) is 7.00. The molecule has 1 aromatic heterocycles. The average molecular weight is 385 g/mol. The Morgan fingerprint density at radius 3 is 2.70 bits per heavy atom. The molecule has 138 valence electrons. The van der Waals surface area contributed by atoms with Crippen LogP contribution in [0.3, 0.4) is 0 Å². The number of fused-ring (bicyclic) bond motifs is 1. The first-order valence-corrected chi connectivity index (χ1v) is 9.20. The minimum absolute atomic E-state index is 0.00161. The van der Waals surface area contributed by atoms with E-state index in [1.165, 1.54) is 18.2 Å². The molecule has 0 bridgehead atoms. The summed E-state index contributed by atoms with van der Waals surface area (Å²) < 4.78 is 13.2. The van der Waals surface area contributed by atoms with Crippen LogP contribution in [-0.2, 0) is 4.79 Å². The van der Waals surface area contributed by atoms with Gasteiger partial charge in [-0.15, -0.1) is 0 Å². The number of aromatic nitrogens is 2. The van der Waals surface area contributed by atoms with E-state index >= 15 is 0 Å². The van der Waals surface area contributed by atoms with Crippen LogP contribution in [0.5, 0.6) is 0 Å². The van der Waals surface area contributed by atoms with E-state index in [9.17, 15) is 9.18 Å². The number of nitrogens with one attached hydrogen (secondary N) is 1. The Kier molecular flexibility index (Phi) is 4.90. The van der Waals surface area contributed by atoms with Crippen molar-refractivity contribution in [3.8, 4) is 0 Å². The molecule has 1 N–H and O–H groups in total. The van der Waals surface area contributed by atoms with Crippen molar-refractivity contribution in [2.75, 3.05) is 23.3 Å². The van der Waals surface area contributed by atoms with Gasteiger partial charge in [-0.2, -0.15) is 0 Å². The molecule has 4 rings (SSSR count). The highest BCUT2D eigenvalue weighted by molar-refractivity contribution is 6.31. The van der Waals surface area contributed by atoms with E-state index < -0.39 is 5.82 Å². The van der Waals surface area contributed by atoms with E-state index in [-0.39, 0.29) is 16.8 Å². The Balaban J connectivity index is 1.42. The number of para-hydroxylation sites is 1. The van der Waals surface area contributed by atoms with Gasteiger partial charge in [-0.3, -0.25) is 4.79 Å². The molecule has 7 heteroatoms. The number of nitrogens with zero attached hydrogens (tertiary/aromatic N) is 3. The monoisotopic (exact) mass is 384 g/mol. The number of carbonyl (C=O) groups is 1. The van der Waals surface area contributed by atoms with Crippen LogP contribution in [0.1, 0.15) is 12.8 Å². The molecule has 1 aliphatic rings. The molecule has 5 nitrogen and oxygen atoms in total. The molecule has 0 unspecified atom stereocenters. The van der Waals surface area contributed by atoms with Crippen LogP contribution in [0.4, 0.5) is 15.9 Å². The molecule has 2 heterocycles. The highest BCUT2D eigenvalue weighted by Crippen LogP contribution is 2.28. The van der Waals surface area contributed by atoms with Gasteiger partial charge in [0, 0.05) is 30.1 Å². The van der Waals surface area contributed by atoms with Gasteiger partial charge in [0.15, 0.2) is 0 Å². The minimum Gasteiger partial charge on any atom is -0.356 e. The van der Waals surface area contributed by atoms with Crippen molar-refractivity contribution in [2.24, 2.45) is 5.92 Å². The van der Waals surface area contributed by atoms with Crippen LogP contribution >= 0.6 is 11.6 Å². The number of halogens is 2. The van der Waals surface area contributed by atoms with Crippen molar-refractivity contribution >= 4 is 39.9 Å². The third-order valence-corrected chi connectivity index (χ3v) is 5.16. The molecular formula is C20H18ClFN4O. The standard InChI is InChI=1S/C20H18ClFN4O/c21-16-11-14(5-6-17(16)22)25-20(27)13-7-9-26(10-8-13)19-15-3-1-2-4-18(15)23-12-24-19/h1-6,11-13H,7-10H2,(H,25,27). The van der Waals surface area contributed by atoms with Crippen molar-refractivity contribution in [3.63, 3.8) is 0 Å². The third-order valence-electron chi connectivity index (χ3n) is 4.87. The highest BCUT2D eigenvalue weighted by Gasteiger charge is 2.26. The van der Waals surface area contributed by atoms with Crippen LogP contribution in [0.15, 0.2) is 48.8 Å². The van der Waals surface area contributed by atoms with Crippen molar-refractivity contribution in [3.05, 3.63) is 59.6 Å². The van der Waals surface area contributed by atoms with E-state index in [4.69, 9.17) is 11.6 Å². The number of hydrogen-bond acceptors (Lipinski definition) is 4. The van der Waals surface area contributed by atoms with Crippen molar-refractivity contribution < 1.29 is 9.18 Å². The Hall–Kier alpha value is -2.73. The number of hydrogen-bond donors (Lipinski definition) is 1. The van der Waals surface area contributed by atoms with Crippen molar-refractivity contribution in [2.45, 2.75) is 12.8 Å². The Morgan fingerprint density at radius 2 is 1.93 bits per heavy atom. The average Bonchev–Trinajstić information content (AvgIpc) is 2.70. The summed E-state index contributed by atoms with van der Waals surface area (Å²) in [5.41, 5.74) is 1.42. The zero-order valence-corrected chi connectivity index (χ0v) is 15.3. The summed E-state index contributed by atoms with van der Waals surface area (Å²) in [5, 5.41) is 3.85. The van der Waals surface area contributed by atoms with E-state index in [0.717, 1.165) is 42.7 Å². The van der Waals surface area contributed by atoms with E-state index in [1.807, 2.05) is 24.3 Å². The lowest BCUT2D eigenvalue weighted by Crippen LogP contribution is -2.38. The van der Waals surface area contributed by atoms with Gasteiger partial charge in [0.25, 0.3) is 0 Å². The lowest BCUT2D eigenvalue weighted by atomic mass is 9.95. The van der Waals surface area contributed by atoms with E-state index in [1.54, 1.807) is 6.33 Å². The number of amides is 1. The molecule has 0 spiro atoms.